The van der Waals surface area contributed by atoms with Gasteiger partial charge in [0, 0.05) is 25.3 Å². The monoisotopic (exact) mass is 233 g/mol. The minimum Gasteiger partial charge on any atom is -0.370 e. The number of nitrogens with zero attached hydrogens (tertiary/aromatic N) is 2. The standard InChI is InChI=1S/C14H23N3/c1-4-15-14-9-12(7-8-16-14)10-17(3)11(2)13-5-6-13/h7-9,11,13H,4-6,10H2,1-3H3,(H,15,16). The third-order valence-electron chi connectivity index (χ3n) is 3.61. The first-order chi connectivity index (χ1) is 8.20. The van der Waals surface area contributed by atoms with Crippen molar-refractivity contribution in [1.82, 2.24) is 9.88 Å². The lowest BCUT2D eigenvalue weighted by atomic mass is 10.1. The Balaban J connectivity index is 1.94. The molecule has 0 aromatic carbocycles. The van der Waals surface area contributed by atoms with E-state index in [0.717, 1.165) is 24.8 Å². The normalized spacial score (nSPS) is 17.2. The lowest BCUT2D eigenvalue weighted by Crippen LogP contribution is -2.30. The summed E-state index contributed by atoms with van der Waals surface area (Å²) in [6, 6.07) is 4.96. The average Bonchev–Trinajstić information content (AvgIpc) is 3.13. The number of pyridine rings is 1. The van der Waals surface area contributed by atoms with Gasteiger partial charge in [-0.25, -0.2) is 4.98 Å². The molecular formula is C14H23N3. The lowest BCUT2D eigenvalue weighted by molar-refractivity contribution is 0.226. The highest BCUT2D eigenvalue weighted by atomic mass is 15.1. The van der Waals surface area contributed by atoms with Gasteiger partial charge >= 0.3 is 0 Å². The molecule has 1 aromatic heterocycles. The van der Waals surface area contributed by atoms with E-state index < -0.39 is 0 Å². The highest BCUT2D eigenvalue weighted by Gasteiger charge is 2.30. The molecule has 0 radical (unpaired) electrons. The summed E-state index contributed by atoms with van der Waals surface area (Å²) >= 11 is 0. The van der Waals surface area contributed by atoms with E-state index in [1.165, 1.54) is 18.4 Å². The Hall–Kier alpha value is -1.09. The number of anilines is 1. The Morgan fingerprint density at radius 3 is 2.94 bits per heavy atom. The maximum absolute atomic E-state index is 4.30. The summed E-state index contributed by atoms with van der Waals surface area (Å²) < 4.78 is 0. The zero-order valence-electron chi connectivity index (χ0n) is 11.1. The van der Waals surface area contributed by atoms with Gasteiger partial charge in [0.05, 0.1) is 0 Å². The molecule has 0 aliphatic heterocycles. The van der Waals surface area contributed by atoms with Crippen molar-refractivity contribution >= 4 is 5.82 Å². The second-order valence-corrected chi connectivity index (χ2v) is 5.07. The molecular weight excluding hydrogens is 210 g/mol. The summed E-state index contributed by atoms with van der Waals surface area (Å²) in [6.45, 7) is 6.36. The van der Waals surface area contributed by atoms with Gasteiger partial charge in [-0.1, -0.05) is 0 Å². The largest absolute Gasteiger partial charge is 0.370 e. The molecule has 1 aromatic rings. The molecule has 3 nitrogen and oxygen atoms in total. The van der Waals surface area contributed by atoms with Gasteiger partial charge in [0.25, 0.3) is 0 Å². The van der Waals surface area contributed by atoms with Gasteiger partial charge < -0.3 is 5.32 Å². The van der Waals surface area contributed by atoms with Crippen molar-refractivity contribution in [3.63, 3.8) is 0 Å². The molecule has 0 saturated heterocycles. The number of aromatic nitrogens is 1. The van der Waals surface area contributed by atoms with Gasteiger partial charge in [-0.05, 0) is 57.4 Å². The van der Waals surface area contributed by atoms with E-state index in [9.17, 15) is 0 Å². The van der Waals surface area contributed by atoms with Crippen molar-refractivity contribution in [2.75, 3.05) is 18.9 Å². The lowest BCUT2D eigenvalue weighted by Gasteiger charge is -2.24. The van der Waals surface area contributed by atoms with Crippen LogP contribution in [0.1, 0.15) is 32.3 Å². The quantitative estimate of drug-likeness (QED) is 0.819. The number of hydrogen-bond acceptors (Lipinski definition) is 3. The fourth-order valence-corrected chi connectivity index (χ4v) is 2.22. The molecule has 1 unspecified atom stereocenters. The molecule has 0 bridgehead atoms. The average molecular weight is 233 g/mol. The highest BCUT2D eigenvalue weighted by Crippen LogP contribution is 2.35. The first kappa shape index (κ1) is 12.4. The summed E-state index contributed by atoms with van der Waals surface area (Å²) in [4.78, 5) is 6.75. The van der Waals surface area contributed by atoms with Crippen LogP contribution in [-0.4, -0.2) is 29.5 Å². The molecule has 1 saturated carbocycles. The van der Waals surface area contributed by atoms with Crippen LogP contribution in [0.5, 0.6) is 0 Å². The number of hydrogen-bond donors (Lipinski definition) is 1. The van der Waals surface area contributed by atoms with E-state index in [4.69, 9.17) is 0 Å². The van der Waals surface area contributed by atoms with Crippen molar-refractivity contribution in [3.8, 4) is 0 Å². The summed E-state index contributed by atoms with van der Waals surface area (Å²) in [5, 5.41) is 3.26. The van der Waals surface area contributed by atoms with E-state index >= 15 is 0 Å². The van der Waals surface area contributed by atoms with Crippen LogP contribution in [-0.2, 0) is 6.54 Å². The molecule has 1 aliphatic carbocycles. The van der Waals surface area contributed by atoms with Crippen LogP contribution in [0, 0.1) is 5.92 Å². The Labute approximate surface area is 104 Å². The summed E-state index contributed by atoms with van der Waals surface area (Å²) in [5.41, 5.74) is 1.34. The molecule has 1 atom stereocenters. The van der Waals surface area contributed by atoms with Gasteiger partial charge in [-0.15, -0.1) is 0 Å². The fraction of sp³-hybridized carbons (Fsp3) is 0.643. The smallest absolute Gasteiger partial charge is 0.126 e. The van der Waals surface area contributed by atoms with E-state index in [1.807, 2.05) is 6.20 Å². The van der Waals surface area contributed by atoms with Crippen LogP contribution in [0.4, 0.5) is 5.82 Å². The molecule has 1 heterocycles. The van der Waals surface area contributed by atoms with Gasteiger partial charge in [-0.3, -0.25) is 4.90 Å². The minimum atomic E-state index is 0.700. The summed E-state index contributed by atoms with van der Waals surface area (Å²) in [7, 11) is 2.22. The van der Waals surface area contributed by atoms with Crippen LogP contribution in [0.25, 0.3) is 0 Å². The van der Waals surface area contributed by atoms with Gasteiger partial charge in [0.1, 0.15) is 5.82 Å². The van der Waals surface area contributed by atoms with Crippen LogP contribution in [0.2, 0.25) is 0 Å². The molecule has 17 heavy (non-hydrogen) atoms. The molecule has 1 aliphatic rings. The number of rotatable bonds is 6. The molecule has 2 rings (SSSR count). The van der Waals surface area contributed by atoms with Crippen LogP contribution in [0.15, 0.2) is 18.3 Å². The fourth-order valence-electron chi connectivity index (χ4n) is 2.22. The third kappa shape index (κ3) is 3.43. The van der Waals surface area contributed by atoms with Crippen molar-refractivity contribution in [2.45, 2.75) is 39.3 Å². The topological polar surface area (TPSA) is 28.2 Å². The third-order valence-corrected chi connectivity index (χ3v) is 3.61. The second-order valence-electron chi connectivity index (χ2n) is 5.07. The van der Waals surface area contributed by atoms with Crippen molar-refractivity contribution in [3.05, 3.63) is 23.9 Å². The van der Waals surface area contributed by atoms with Crippen LogP contribution in [0.3, 0.4) is 0 Å². The molecule has 3 heteroatoms. The molecule has 0 amide bonds. The molecule has 1 N–H and O–H groups in total. The maximum Gasteiger partial charge on any atom is 0.126 e. The Bertz CT molecular complexity index is 360. The maximum atomic E-state index is 4.30. The van der Waals surface area contributed by atoms with E-state index in [1.54, 1.807) is 0 Å². The summed E-state index contributed by atoms with van der Waals surface area (Å²) in [6.07, 6.45) is 4.71. The Kier molecular flexibility index (Phi) is 4.00. The van der Waals surface area contributed by atoms with Crippen LogP contribution < -0.4 is 5.32 Å². The predicted molar refractivity (Wildman–Crippen MR) is 72.1 cm³/mol. The van der Waals surface area contributed by atoms with Crippen molar-refractivity contribution < 1.29 is 0 Å². The molecule has 1 fully saturated rings. The SMILES string of the molecule is CCNc1cc(CN(C)C(C)C2CC2)ccn1. The Morgan fingerprint density at radius 2 is 2.29 bits per heavy atom. The van der Waals surface area contributed by atoms with Crippen molar-refractivity contribution in [2.24, 2.45) is 5.92 Å². The van der Waals surface area contributed by atoms with Crippen LogP contribution >= 0.6 is 0 Å². The van der Waals surface area contributed by atoms with Crippen molar-refractivity contribution in [1.29, 1.82) is 0 Å². The minimum absolute atomic E-state index is 0.700. The van der Waals surface area contributed by atoms with Gasteiger partial charge in [0.2, 0.25) is 0 Å². The van der Waals surface area contributed by atoms with E-state index in [2.05, 4.69) is 48.2 Å². The van der Waals surface area contributed by atoms with Gasteiger partial charge in [-0.2, -0.15) is 0 Å². The predicted octanol–water partition coefficient (Wildman–Crippen LogP) is 2.74. The molecule has 94 valence electrons. The van der Waals surface area contributed by atoms with Gasteiger partial charge in [0.15, 0.2) is 0 Å². The van der Waals surface area contributed by atoms with E-state index in [0.29, 0.717) is 6.04 Å². The Morgan fingerprint density at radius 1 is 1.53 bits per heavy atom. The second kappa shape index (κ2) is 5.50. The first-order valence-electron chi connectivity index (χ1n) is 6.59. The summed E-state index contributed by atoms with van der Waals surface area (Å²) in [5.74, 6) is 1.91. The zero-order valence-corrected chi connectivity index (χ0v) is 11.1. The highest BCUT2D eigenvalue weighted by molar-refractivity contribution is 5.37. The number of nitrogens with one attached hydrogen (secondary N) is 1. The van der Waals surface area contributed by atoms with E-state index in [-0.39, 0.29) is 0 Å². The zero-order chi connectivity index (χ0) is 12.3. The molecule has 0 spiro atoms. The first-order valence-corrected chi connectivity index (χ1v) is 6.59.